The molecule has 0 spiro atoms. The Kier molecular flexibility index (Phi) is 4.70. The lowest BCUT2D eigenvalue weighted by molar-refractivity contribution is 0.0217. The van der Waals surface area contributed by atoms with E-state index in [2.05, 4.69) is 22.1 Å². The molecule has 26 heavy (non-hydrogen) atoms. The van der Waals surface area contributed by atoms with Crippen molar-refractivity contribution < 1.29 is 9.21 Å². The fraction of sp³-hybridized carbons (Fsp3) is 0.421. The maximum Gasteiger partial charge on any atom is 0.261 e. The molecule has 5 rings (SSSR count). The summed E-state index contributed by atoms with van der Waals surface area (Å²) in [6.07, 6.45) is 3.75. The summed E-state index contributed by atoms with van der Waals surface area (Å²) in [6.45, 7) is 4.51. The minimum absolute atomic E-state index is 0.0185. The number of carbonyl (C=O) groups excluding carboxylic acids is 1. The van der Waals surface area contributed by atoms with Crippen molar-refractivity contribution in [3.8, 4) is 6.07 Å². The lowest BCUT2D eigenvalue weighted by Gasteiger charge is -2.49. The number of hydrogen-bond acceptors (Lipinski definition) is 6. The van der Waals surface area contributed by atoms with E-state index in [0.717, 1.165) is 18.0 Å². The third-order valence-corrected chi connectivity index (χ3v) is 6.26. The summed E-state index contributed by atoms with van der Waals surface area (Å²) >= 11 is 1.32. The minimum Gasteiger partial charge on any atom is -0.420 e. The highest BCUT2D eigenvalue weighted by Crippen LogP contribution is 2.32. The van der Waals surface area contributed by atoms with Crippen molar-refractivity contribution in [3.05, 3.63) is 41.8 Å². The fourth-order valence-electron chi connectivity index (χ4n) is 3.91. The average Bonchev–Trinajstić information content (AvgIpc) is 3.13. The Bertz CT molecular complexity index is 832. The monoisotopic (exact) mass is 368 g/mol. The van der Waals surface area contributed by atoms with Gasteiger partial charge in [-0.1, -0.05) is 0 Å². The smallest absolute Gasteiger partial charge is 0.261 e. The molecule has 7 heteroatoms. The predicted molar refractivity (Wildman–Crippen MR) is 96.8 cm³/mol. The first kappa shape index (κ1) is 17.1. The number of aromatic nitrogens is 1. The first-order valence-electron chi connectivity index (χ1n) is 8.83. The average molecular weight is 368 g/mol. The molecule has 1 aromatic heterocycles. The van der Waals surface area contributed by atoms with Crippen LogP contribution >= 0.6 is 11.8 Å². The molecule has 2 bridgehead atoms. The number of amides is 1. The molecule has 2 aromatic rings. The van der Waals surface area contributed by atoms with Gasteiger partial charge in [0.25, 0.3) is 11.1 Å². The number of rotatable bonds is 4. The zero-order valence-electron chi connectivity index (χ0n) is 14.5. The molecule has 0 unspecified atom stereocenters. The SMILES string of the molecule is C[C@H]1[C@H](NC(=O)c2ccc(Sc3ncc(C#N)o3)cc2)C2CCN1CC2. The van der Waals surface area contributed by atoms with Crippen LogP contribution in [0.4, 0.5) is 0 Å². The van der Waals surface area contributed by atoms with Crippen LogP contribution in [0.25, 0.3) is 0 Å². The summed E-state index contributed by atoms with van der Waals surface area (Å²) in [6, 6.07) is 9.92. The van der Waals surface area contributed by atoms with Crippen LogP contribution in [0.1, 0.15) is 35.9 Å². The Hall–Kier alpha value is -2.30. The molecule has 3 saturated heterocycles. The predicted octanol–water partition coefficient (Wildman–Crippen LogP) is 2.91. The van der Waals surface area contributed by atoms with Crippen LogP contribution in [0.15, 0.2) is 45.0 Å². The number of nitriles is 1. The molecular formula is C19H20N4O2S. The van der Waals surface area contributed by atoms with Gasteiger partial charge < -0.3 is 9.73 Å². The number of nitrogens with one attached hydrogen (secondary N) is 1. The highest BCUT2D eigenvalue weighted by molar-refractivity contribution is 7.99. The van der Waals surface area contributed by atoms with Crippen LogP contribution in [-0.2, 0) is 0 Å². The van der Waals surface area contributed by atoms with Gasteiger partial charge in [0.15, 0.2) is 0 Å². The maximum atomic E-state index is 12.6. The van der Waals surface area contributed by atoms with E-state index >= 15 is 0 Å². The van der Waals surface area contributed by atoms with Crippen LogP contribution in [0, 0.1) is 17.2 Å². The molecule has 134 valence electrons. The van der Waals surface area contributed by atoms with Gasteiger partial charge in [-0.25, -0.2) is 4.98 Å². The maximum absolute atomic E-state index is 12.6. The summed E-state index contributed by atoms with van der Waals surface area (Å²) in [5.74, 6) is 0.762. The molecule has 3 aliphatic heterocycles. The lowest BCUT2D eigenvalue weighted by atomic mass is 9.79. The Morgan fingerprint density at radius 2 is 2.08 bits per heavy atom. The van der Waals surface area contributed by atoms with Crippen LogP contribution in [0.5, 0.6) is 0 Å². The van der Waals surface area contributed by atoms with Crippen molar-refractivity contribution in [2.45, 2.75) is 42.0 Å². The van der Waals surface area contributed by atoms with E-state index < -0.39 is 0 Å². The van der Waals surface area contributed by atoms with Crippen LogP contribution < -0.4 is 5.32 Å². The van der Waals surface area contributed by atoms with Crippen molar-refractivity contribution in [1.82, 2.24) is 15.2 Å². The van der Waals surface area contributed by atoms with Crippen molar-refractivity contribution in [3.63, 3.8) is 0 Å². The van der Waals surface area contributed by atoms with Gasteiger partial charge in [0.2, 0.25) is 5.76 Å². The van der Waals surface area contributed by atoms with E-state index in [9.17, 15) is 4.79 Å². The first-order valence-corrected chi connectivity index (χ1v) is 9.64. The number of fused-ring (bicyclic) bond motifs is 3. The number of piperidine rings is 3. The molecule has 6 nitrogen and oxygen atoms in total. The Morgan fingerprint density at radius 3 is 2.69 bits per heavy atom. The number of carbonyl (C=O) groups is 1. The van der Waals surface area contributed by atoms with Gasteiger partial charge in [-0.3, -0.25) is 9.69 Å². The van der Waals surface area contributed by atoms with Crippen molar-refractivity contribution in [1.29, 1.82) is 5.26 Å². The van der Waals surface area contributed by atoms with Crippen molar-refractivity contribution in [2.24, 2.45) is 5.92 Å². The van der Waals surface area contributed by atoms with E-state index in [1.54, 1.807) is 0 Å². The van der Waals surface area contributed by atoms with Crippen LogP contribution in [0.3, 0.4) is 0 Å². The van der Waals surface area contributed by atoms with Crippen LogP contribution in [0.2, 0.25) is 0 Å². The van der Waals surface area contributed by atoms with Gasteiger partial charge in [0, 0.05) is 22.5 Å². The zero-order chi connectivity index (χ0) is 18.1. The zero-order valence-corrected chi connectivity index (χ0v) is 15.3. The van der Waals surface area contributed by atoms with Crippen molar-refractivity contribution >= 4 is 17.7 Å². The fourth-order valence-corrected chi connectivity index (χ4v) is 4.62. The van der Waals surface area contributed by atoms with E-state index in [4.69, 9.17) is 9.68 Å². The Balaban J connectivity index is 1.40. The van der Waals surface area contributed by atoms with Gasteiger partial charge in [0.05, 0.1) is 6.20 Å². The first-order chi connectivity index (χ1) is 12.6. The van der Waals surface area contributed by atoms with E-state index in [1.807, 2.05) is 30.3 Å². The molecule has 3 fully saturated rings. The largest absolute Gasteiger partial charge is 0.420 e. The Labute approximate surface area is 156 Å². The molecular weight excluding hydrogens is 348 g/mol. The molecule has 0 radical (unpaired) electrons. The molecule has 1 aromatic carbocycles. The molecule has 4 heterocycles. The van der Waals surface area contributed by atoms with Crippen molar-refractivity contribution in [2.75, 3.05) is 13.1 Å². The summed E-state index contributed by atoms with van der Waals surface area (Å²) in [5.41, 5.74) is 0.656. The van der Waals surface area contributed by atoms with Gasteiger partial charge in [-0.2, -0.15) is 5.26 Å². The topological polar surface area (TPSA) is 82.2 Å². The van der Waals surface area contributed by atoms with E-state index in [0.29, 0.717) is 22.7 Å². The summed E-state index contributed by atoms with van der Waals surface area (Å²) in [7, 11) is 0. The second kappa shape index (κ2) is 7.14. The van der Waals surface area contributed by atoms with E-state index in [1.165, 1.54) is 30.8 Å². The third kappa shape index (κ3) is 3.35. The molecule has 1 N–H and O–H groups in total. The molecule has 0 saturated carbocycles. The molecule has 0 aliphatic carbocycles. The van der Waals surface area contributed by atoms with Crippen LogP contribution in [-0.4, -0.2) is 41.0 Å². The molecule has 1 amide bonds. The lowest BCUT2D eigenvalue weighted by Crippen LogP contribution is -2.62. The standard InChI is InChI=1S/C19H20N4O2S/c1-12-17(13-6-8-23(12)9-7-13)22-18(24)14-2-4-16(5-3-14)26-19-21-11-15(10-20)25-19/h2-5,11-13,17H,6-9H2,1H3,(H,22,24)/t12-,17-/m0/s1. The second-order valence-electron chi connectivity index (χ2n) is 6.84. The van der Waals surface area contributed by atoms with Gasteiger partial charge in [-0.05, 0) is 74.8 Å². The summed E-state index contributed by atoms with van der Waals surface area (Å²) < 4.78 is 5.26. The molecule has 2 atom stereocenters. The number of oxazole rings is 1. The summed E-state index contributed by atoms with van der Waals surface area (Å²) in [4.78, 5) is 20.1. The number of nitrogens with zero attached hydrogens (tertiary/aromatic N) is 3. The second-order valence-corrected chi connectivity index (χ2v) is 7.87. The van der Waals surface area contributed by atoms with Gasteiger partial charge in [0.1, 0.15) is 6.07 Å². The van der Waals surface area contributed by atoms with Gasteiger partial charge in [-0.15, -0.1) is 0 Å². The number of benzene rings is 1. The highest BCUT2D eigenvalue weighted by Gasteiger charge is 2.40. The summed E-state index contributed by atoms with van der Waals surface area (Å²) in [5, 5.41) is 12.4. The van der Waals surface area contributed by atoms with Gasteiger partial charge >= 0.3 is 0 Å². The Morgan fingerprint density at radius 1 is 1.35 bits per heavy atom. The third-order valence-electron chi connectivity index (χ3n) is 5.39. The minimum atomic E-state index is -0.0185. The quantitative estimate of drug-likeness (QED) is 0.893. The number of hydrogen-bond donors (Lipinski definition) is 1. The molecule has 3 aliphatic rings. The van der Waals surface area contributed by atoms with E-state index in [-0.39, 0.29) is 17.7 Å². The highest BCUT2D eigenvalue weighted by atomic mass is 32.2. The normalized spacial score (nSPS) is 27.1.